The molecule has 0 spiro atoms. The van der Waals surface area contributed by atoms with Gasteiger partial charge in [0.25, 0.3) is 0 Å². The summed E-state index contributed by atoms with van der Waals surface area (Å²) >= 11 is 0. The quantitative estimate of drug-likeness (QED) is 0.321. The van der Waals surface area contributed by atoms with Crippen molar-refractivity contribution in [1.29, 1.82) is 0 Å². The molecular weight excluding hydrogens is 224 g/mol. The summed E-state index contributed by atoms with van der Waals surface area (Å²) in [7, 11) is 0. The van der Waals surface area contributed by atoms with Crippen LogP contribution in [0.3, 0.4) is 0 Å². The summed E-state index contributed by atoms with van der Waals surface area (Å²) < 4.78 is 8.69. The second-order valence-corrected chi connectivity index (χ2v) is 3.21. The van der Waals surface area contributed by atoms with Crippen LogP contribution in [0.1, 0.15) is 13.3 Å². The molecule has 1 aliphatic heterocycles. The summed E-state index contributed by atoms with van der Waals surface area (Å²) in [5.74, 6) is -1.45. The van der Waals surface area contributed by atoms with E-state index in [-0.39, 0.29) is 24.6 Å². The first-order chi connectivity index (χ1) is 7.88. The Balaban J connectivity index is 0.000000302. The number of rotatable bonds is 3. The van der Waals surface area contributed by atoms with E-state index in [9.17, 15) is 14.4 Å². The Morgan fingerprint density at radius 1 is 1.53 bits per heavy atom. The third kappa shape index (κ3) is 6.09. The topological polar surface area (TPSA) is 69.7 Å². The molecule has 0 radical (unpaired) electrons. The molecule has 0 bridgehead atoms. The van der Waals surface area contributed by atoms with Gasteiger partial charge >= 0.3 is 17.9 Å². The van der Waals surface area contributed by atoms with E-state index in [1.165, 1.54) is 6.08 Å². The Morgan fingerprint density at radius 2 is 2.12 bits per heavy atom. The number of carbonyl (C=O) groups is 3. The molecule has 5 heteroatoms. The van der Waals surface area contributed by atoms with E-state index < -0.39 is 11.9 Å². The molecule has 0 N–H and O–H groups in total. The molecule has 92 valence electrons. The second kappa shape index (κ2) is 7.16. The minimum absolute atomic E-state index is 0.0544. The molecule has 1 saturated heterocycles. The van der Waals surface area contributed by atoms with Crippen molar-refractivity contribution < 1.29 is 23.9 Å². The molecule has 1 rings (SSSR count). The van der Waals surface area contributed by atoms with Gasteiger partial charge in [-0.3, -0.25) is 4.79 Å². The molecule has 1 aliphatic rings. The fourth-order valence-corrected chi connectivity index (χ4v) is 0.716. The van der Waals surface area contributed by atoms with Crippen LogP contribution < -0.4 is 0 Å². The lowest BCUT2D eigenvalue weighted by molar-refractivity contribution is -0.151. The van der Waals surface area contributed by atoms with Crippen LogP contribution in [0.4, 0.5) is 0 Å². The highest BCUT2D eigenvalue weighted by molar-refractivity contribution is 6.05. The minimum Gasteiger partial charge on any atom is -0.458 e. The first kappa shape index (κ1) is 14.8. The van der Waals surface area contributed by atoms with Gasteiger partial charge < -0.3 is 9.47 Å². The summed E-state index contributed by atoms with van der Waals surface area (Å²) in [6.45, 7) is 11.9. The zero-order valence-electron chi connectivity index (χ0n) is 9.65. The Bertz CT molecular complexity index is 360. The van der Waals surface area contributed by atoms with Crippen molar-refractivity contribution in [2.45, 2.75) is 13.3 Å². The number of esters is 3. The monoisotopic (exact) mass is 238 g/mol. The van der Waals surface area contributed by atoms with Gasteiger partial charge in [0.1, 0.15) is 6.61 Å². The SMILES string of the molecule is C=C1CC(=O)OC1=O.C=CCOC(=O)C(=C)C. The van der Waals surface area contributed by atoms with Crippen molar-refractivity contribution >= 4 is 17.9 Å². The second-order valence-electron chi connectivity index (χ2n) is 3.21. The van der Waals surface area contributed by atoms with Gasteiger partial charge in [0.15, 0.2) is 0 Å². The van der Waals surface area contributed by atoms with Gasteiger partial charge in [-0.25, -0.2) is 9.59 Å². The van der Waals surface area contributed by atoms with E-state index >= 15 is 0 Å². The highest BCUT2D eigenvalue weighted by atomic mass is 16.6. The molecule has 0 atom stereocenters. The summed E-state index contributed by atoms with van der Waals surface area (Å²) in [4.78, 5) is 30.9. The summed E-state index contributed by atoms with van der Waals surface area (Å²) in [5.41, 5.74) is 0.659. The predicted molar refractivity (Wildman–Crippen MR) is 60.8 cm³/mol. The average molecular weight is 238 g/mol. The van der Waals surface area contributed by atoms with E-state index in [1.807, 2.05) is 0 Å². The molecule has 5 nitrogen and oxygen atoms in total. The van der Waals surface area contributed by atoms with Gasteiger partial charge in [0.05, 0.1) is 6.42 Å². The third-order valence-electron chi connectivity index (χ3n) is 1.53. The lowest BCUT2D eigenvalue weighted by Crippen LogP contribution is -2.03. The molecule has 1 heterocycles. The number of hydrogen-bond donors (Lipinski definition) is 0. The van der Waals surface area contributed by atoms with Crippen molar-refractivity contribution in [3.8, 4) is 0 Å². The van der Waals surface area contributed by atoms with Crippen LogP contribution >= 0.6 is 0 Å². The van der Waals surface area contributed by atoms with E-state index in [1.54, 1.807) is 6.92 Å². The third-order valence-corrected chi connectivity index (χ3v) is 1.53. The van der Waals surface area contributed by atoms with E-state index in [0.29, 0.717) is 5.57 Å². The summed E-state index contributed by atoms with van der Waals surface area (Å²) in [6, 6.07) is 0. The fourth-order valence-electron chi connectivity index (χ4n) is 0.716. The van der Waals surface area contributed by atoms with Crippen LogP contribution in [0, 0.1) is 0 Å². The van der Waals surface area contributed by atoms with Crippen molar-refractivity contribution in [3.63, 3.8) is 0 Å². The molecular formula is C12H14O5. The van der Waals surface area contributed by atoms with Crippen molar-refractivity contribution in [3.05, 3.63) is 37.0 Å². The van der Waals surface area contributed by atoms with Gasteiger partial charge in [0, 0.05) is 11.1 Å². The molecule has 0 aromatic rings. The number of cyclic esters (lactones) is 2. The van der Waals surface area contributed by atoms with Crippen LogP contribution in [-0.2, 0) is 23.9 Å². The van der Waals surface area contributed by atoms with Crippen LogP contribution in [0.25, 0.3) is 0 Å². The van der Waals surface area contributed by atoms with Crippen LogP contribution in [-0.4, -0.2) is 24.5 Å². The Morgan fingerprint density at radius 3 is 2.35 bits per heavy atom. The van der Waals surface area contributed by atoms with Crippen molar-refractivity contribution in [1.82, 2.24) is 0 Å². The lowest BCUT2D eigenvalue weighted by atomic mass is 10.3. The van der Waals surface area contributed by atoms with Crippen LogP contribution in [0.5, 0.6) is 0 Å². The highest BCUT2D eigenvalue weighted by Gasteiger charge is 2.24. The van der Waals surface area contributed by atoms with Crippen LogP contribution in [0.2, 0.25) is 0 Å². The average Bonchev–Trinajstić information content (AvgIpc) is 2.53. The summed E-state index contributed by atoms with van der Waals surface area (Å²) in [5, 5.41) is 0. The summed E-state index contributed by atoms with van der Waals surface area (Å²) in [6.07, 6.45) is 1.57. The smallest absolute Gasteiger partial charge is 0.341 e. The normalized spacial score (nSPS) is 13.4. The largest absolute Gasteiger partial charge is 0.458 e. The predicted octanol–water partition coefficient (Wildman–Crippen LogP) is 1.31. The van der Waals surface area contributed by atoms with Gasteiger partial charge in [-0.05, 0) is 6.92 Å². The van der Waals surface area contributed by atoms with Crippen molar-refractivity contribution in [2.24, 2.45) is 0 Å². The van der Waals surface area contributed by atoms with Gasteiger partial charge in [-0.1, -0.05) is 25.8 Å². The van der Waals surface area contributed by atoms with Gasteiger partial charge in [0.2, 0.25) is 0 Å². The number of hydrogen-bond acceptors (Lipinski definition) is 5. The molecule has 0 aromatic carbocycles. The zero-order chi connectivity index (χ0) is 13.4. The molecule has 0 saturated carbocycles. The Labute approximate surface area is 99.4 Å². The number of carbonyl (C=O) groups excluding carboxylic acids is 3. The molecule has 0 unspecified atom stereocenters. The first-order valence-electron chi connectivity index (χ1n) is 4.74. The number of ether oxygens (including phenoxy) is 2. The van der Waals surface area contributed by atoms with Gasteiger partial charge in [-0.15, -0.1) is 0 Å². The molecule has 17 heavy (non-hydrogen) atoms. The maximum Gasteiger partial charge on any atom is 0.341 e. The lowest BCUT2D eigenvalue weighted by Gasteiger charge is -1.97. The van der Waals surface area contributed by atoms with E-state index in [0.717, 1.165) is 0 Å². The maximum atomic E-state index is 10.5. The van der Waals surface area contributed by atoms with Crippen LogP contribution in [0.15, 0.2) is 37.0 Å². The molecule has 0 aliphatic carbocycles. The molecule has 0 amide bonds. The standard InChI is InChI=1S/C7H10O2.C5H4O3/c1-4-5-9-7(8)6(2)3;1-3-2-4(6)8-5(3)7/h4H,1-2,5H2,3H3;1-2H2. The molecule has 1 fully saturated rings. The Hall–Kier alpha value is -2.17. The minimum atomic E-state index is -0.588. The Kier molecular flexibility index (Phi) is 6.25. The van der Waals surface area contributed by atoms with Crippen molar-refractivity contribution in [2.75, 3.05) is 6.61 Å². The first-order valence-corrected chi connectivity index (χ1v) is 4.74. The van der Waals surface area contributed by atoms with E-state index in [2.05, 4.69) is 29.2 Å². The van der Waals surface area contributed by atoms with Gasteiger partial charge in [-0.2, -0.15) is 0 Å². The fraction of sp³-hybridized carbons (Fsp3) is 0.250. The maximum absolute atomic E-state index is 10.5. The highest BCUT2D eigenvalue weighted by Crippen LogP contribution is 2.10. The van der Waals surface area contributed by atoms with E-state index in [4.69, 9.17) is 0 Å². The molecule has 0 aromatic heterocycles. The zero-order valence-corrected chi connectivity index (χ0v) is 9.65.